The lowest BCUT2D eigenvalue weighted by atomic mass is 9.81. The van der Waals surface area contributed by atoms with E-state index in [1.54, 1.807) is 12.1 Å². The number of fused-ring (bicyclic) bond motifs is 3. The standard InChI is InChI=1S/C83H120N16O23S4/c1-8-97-62-32-30-53(125(113,114)115)42-56(62)82(3,4)68(97)25-11-9-12-26-69-83(5,6)57-43-54(126(116,117)118)31-33-63(57)98(69)37-20-10-13-27-71(101)86-34-18-16-22-59(93-75(105)48-90-78(107)58(84)50-123)80(109)91-47-74(104)92-52(2)55-44-65(119-7)66(45-64(55)99(111)112)122-38-21-29-73(103)88-36-39-120-40-41-121-49-76(106)94-60(79(108)89-46-70(85)100)23-17-19-35-87-72(102)28-15-14-24-67-77-61(51-124-67)95-81(110)96-77/h9,11-12,25-26,30-33,42-45,52,58-61,67,77H,8,10,13-24,27-29,34-41,46-51,84H2,1-7H3,(H15-,85,86,87,88,89,90,91,92,93,94,95,96,100,101,102,103,104,105,106,107,108,109,110,113,114,115,116,117,118,123)/p+1/t52?,58-,59-,60-,61?,67+,77?/m0/s1. The summed E-state index contributed by atoms with van der Waals surface area (Å²) in [7, 11) is -7.67. The van der Waals surface area contributed by atoms with Crippen LogP contribution >= 0.6 is 24.4 Å². The molecule has 12 amide bonds. The molecule has 0 radical (unpaired) electrons. The summed E-state index contributed by atoms with van der Waals surface area (Å²) in [4.78, 5) is 153. The third-order valence-electron chi connectivity index (χ3n) is 21.7. The number of rotatable bonds is 56. The topological polar surface area (TPSA) is 567 Å². The number of nitrogens with zero attached hydrogens (tertiary/aromatic N) is 3. The SMILES string of the molecule is CCN1/C(=C/C=C/C=C/C2=[N+](CCCCCC(=O)NCCCC[C@H](NC(=O)CNC(=O)[C@@H](N)CS)C(=O)NCC(=O)NC(C)c3cc(OC)c(OCCCC(=O)NCCOCCOCC(=O)N[C@@H](CCCCNC(=O)CCCC[C@H]4SCC5NC(=O)NC54)C(=O)NCC(N)=O)cc3[N+](=O)[O-])c3ccc(S(=O)(=O)O)cc3C2(C)C)C(C)(C)c2cc(S(=O)(=O)O)ccc21. The van der Waals surface area contributed by atoms with Crippen molar-refractivity contribution in [1.29, 1.82) is 0 Å². The van der Waals surface area contributed by atoms with Gasteiger partial charge >= 0.3 is 6.03 Å². The van der Waals surface area contributed by atoms with Crippen molar-refractivity contribution in [2.24, 2.45) is 11.5 Å². The number of allylic oxidation sites excluding steroid dienone is 6. The second kappa shape index (κ2) is 49.7. The number of hydrogen-bond donors (Lipinski definition) is 16. The molecule has 2 saturated heterocycles. The number of thiol groups is 1. The third kappa shape index (κ3) is 31.3. The summed E-state index contributed by atoms with van der Waals surface area (Å²) in [5.74, 6) is -4.76. The van der Waals surface area contributed by atoms with Gasteiger partial charge in [-0.15, -0.1) is 0 Å². The van der Waals surface area contributed by atoms with Crippen molar-refractivity contribution in [3.63, 3.8) is 0 Å². The normalized spacial score (nSPS) is 17.4. The highest BCUT2D eigenvalue weighted by atomic mass is 32.2. The zero-order valence-electron chi connectivity index (χ0n) is 72.1. The fourth-order valence-corrected chi connectivity index (χ4v) is 17.7. The molecule has 3 unspecified atom stereocenters. The van der Waals surface area contributed by atoms with Crippen LogP contribution < -0.4 is 84.3 Å². The average molecular weight is 1840 g/mol. The molecular formula is C83H121N16O23S4+. The molecule has 7 rings (SSSR count). The number of anilines is 1. The summed E-state index contributed by atoms with van der Waals surface area (Å²) in [6.07, 6.45) is 16.2. The van der Waals surface area contributed by atoms with Gasteiger partial charge in [0.2, 0.25) is 64.8 Å². The first kappa shape index (κ1) is 103. The number of unbranched alkanes of at least 4 members (excludes halogenated alkanes) is 5. The zero-order chi connectivity index (χ0) is 92.5. The van der Waals surface area contributed by atoms with Gasteiger partial charge in [-0.25, -0.2) is 4.79 Å². The number of carbonyl (C=O) groups excluding carboxylic acids is 11. The largest absolute Gasteiger partial charge is 0.493 e. The lowest BCUT2D eigenvalue weighted by Gasteiger charge is -2.25. The summed E-state index contributed by atoms with van der Waals surface area (Å²) in [6, 6.07) is 7.26. The van der Waals surface area contributed by atoms with E-state index < -0.39 is 133 Å². The third-order valence-corrected chi connectivity index (χ3v) is 25.3. The van der Waals surface area contributed by atoms with Gasteiger partial charge in [-0.2, -0.15) is 45.8 Å². The highest BCUT2D eigenvalue weighted by Crippen LogP contribution is 2.49. The Morgan fingerprint density at radius 2 is 1.25 bits per heavy atom. The summed E-state index contributed by atoms with van der Waals surface area (Å²) < 4.78 is 92.9. The maximum Gasteiger partial charge on any atom is 0.315 e. The Morgan fingerprint density at radius 1 is 0.667 bits per heavy atom. The van der Waals surface area contributed by atoms with E-state index in [9.17, 15) is 88.8 Å². The minimum Gasteiger partial charge on any atom is -0.493 e. The maximum atomic E-state index is 13.7. The van der Waals surface area contributed by atoms with Crippen molar-refractivity contribution in [3.05, 3.63) is 111 Å². The van der Waals surface area contributed by atoms with Gasteiger partial charge in [-0.3, -0.25) is 67.2 Å². The molecule has 126 heavy (non-hydrogen) atoms. The Balaban J connectivity index is 0.799. The number of likely N-dealkylation sites (N-methyl/N-ethyl adjacent to an activating group) is 1. The van der Waals surface area contributed by atoms with E-state index in [0.29, 0.717) is 81.8 Å². The van der Waals surface area contributed by atoms with Gasteiger partial charge in [0.15, 0.2) is 17.2 Å². The van der Waals surface area contributed by atoms with Gasteiger partial charge in [-0.1, -0.05) is 38.5 Å². The van der Waals surface area contributed by atoms with E-state index in [-0.39, 0.29) is 146 Å². The van der Waals surface area contributed by atoms with Crippen LogP contribution in [0.4, 0.5) is 21.9 Å². The van der Waals surface area contributed by atoms with E-state index in [1.165, 1.54) is 44.4 Å². The number of methoxy groups -OCH3 is 1. The van der Waals surface area contributed by atoms with Crippen molar-refractivity contribution in [1.82, 2.24) is 58.5 Å². The average Bonchev–Trinajstić information content (AvgIpc) is 1.59. The second-order valence-electron chi connectivity index (χ2n) is 31.7. The number of carbonyl (C=O) groups is 11. The molecule has 7 atom stereocenters. The van der Waals surface area contributed by atoms with Crippen molar-refractivity contribution in [3.8, 4) is 11.5 Å². The van der Waals surface area contributed by atoms with Gasteiger partial charge in [0.05, 0.1) is 109 Å². The van der Waals surface area contributed by atoms with Crippen molar-refractivity contribution < 1.29 is 107 Å². The van der Waals surface area contributed by atoms with Gasteiger partial charge in [-0.05, 0) is 146 Å². The van der Waals surface area contributed by atoms with E-state index in [2.05, 4.69) is 80.6 Å². The van der Waals surface area contributed by atoms with Gasteiger partial charge in [0, 0.05) is 103 Å². The number of nitro benzene ring substituents is 1. The molecule has 39 nitrogen and oxygen atoms in total. The van der Waals surface area contributed by atoms with Gasteiger partial charge in [0.25, 0.3) is 25.9 Å². The monoisotopic (exact) mass is 1840 g/mol. The summed E-state index contributed by atoms with van der Waals surface area (Å²) >= 11 is 5.84. The van der Waals surface area contributed by atoms with Crippen LogP contribution in [0.1, 0.15) is 167 Å². The van der Waals surface area contributed by atoms with Crippen LogP contribution in [0, 0.1) is 10.1 Å². The number of nitro groups is 1. The number of hydrogen-bond acceptors (Lipinski definition) is 25. The Bertz CT molecular complexity index is 4760. The molecule has 3 aromatic carbocycles. The first-order valence-corrected chi connectivity index (χ1v) is 46.6. The molecule has 0 bridgehead atoms. The number of thioether (sulfide) groups is 1. The van der Waals surface area contributed by atoms with Crippen LogP contribution in [0.25, 0.3) is 0 Å². The molecule has 4 aliphatic heterocycles. The molecule has 694 valence electrons. The van der Waals surface area contributed by atoms with Crippen LogP contribution in [0.2, 0.25) is 0 Å². The number of ether oxygens (including phenoxy) is 4. The van der Waals surface area contributed by atoms with Crippen LogP contribution in [0.15, 0.2) is 94.4 Å². The minimum absolute atomic E-state index is 0.00534. The Kier molecular flexibility index (Phi) is 40.6. The molecule has 4 heterocycles. The van der Waals surface area contributed by atoms with Gasteiger partial charge in [0.1, 0.15) is 25.2 Å². The number of urea groups is 1. The van der Waals surface area contributed by atoms with E-state index in [0.717, 1.165) is 53.0 Å². The highest BCUT2D eigenvalue weighted by molar-refractivity contribution is 8.00. The predicted octanol–water partition coefficient (Wildman–Crippen LogP) is 3.39. The number of primary amides is 1. The quantitative estimate of drug-likeness (QED) is 0.00563. The molecule has 2 fully saturated rings. The fraction of sp³-hybridized carbons (Fsp3) is 0.566. The second-order valence-corrected chi connectivity index (χ2v) is 36.2. The molecule has 0 saturated carbocycles. The molecule has 43 heteroatoms. The summed E-state index contributed by atoms with van der Waals surface area (Å²) in [6.45, 7) is 11.1. The lowest BCUT2D eigenvalue weighted by molar-refractivity contribution is -0.438. The van der Waals surface area contributed by atoms with E-state index >= 15 is 0 Å². The minimum atomic E-state index is -4.53. The molecule has 0 aliphatic carbocycles. The predicted molar refractivity (Wildman–Crippen MR) is 473 cm³/mol. The van der Waals surface area contributed by atoms with Crippen LogP contribution in [-0.4, -0.2) is 246 Å². The first-order chi connectivity index (χ1) is 59.8. The number of benzene rings is 3. The van der Waals surface area contributed by atoms with E-state index in [1.807, 2.05) is 76.8 Å². The smallest absolute Gasteiger partial charge is 0.315 e. The number of nitrogens with two attached hydrogens (primary N) is 2. The molecular weight excluding hydrogens is 1720 g/mol. The molecule has 17 N–H and O–H groups in total. The molecule has 0 spiro atoms. The van der Waals surface area contributed by atoms with E-state index in [4.69, 9.17) is 30.4 Å². The molecule has 4 aliphatic rings. The fourth-order valence-electron chi connectivity index (χ4n) is 15.0. The highest BCUT2D eigenvalue weighted by Gasteiger charge is 2.46. The van der Waals surface area contributed by atoms with Crippen LogP contribution in [0.5, 0.6) is 11.5 Å². The Hall–Kier alpha value is -10.3. The molecule has 0 aromatic heterocycles. The van der Waals surface area contributed by atoms with Gasteiger partial charge < -0.3 is 93.8 Å². The first-order valence-electron chi connectivity index (χ1n) is 42.0. The van der Waals surface area contributed by atoms with Crippen LogP contribution in [0.3, 0.4) is 0 Å². The van der Waals surface area contributed by atoms with Crippen molar-refractivity contribution >= 4 is 133 Å². The van der Waals surface area contributed by atoms with Crippen molar-refractivity contribution in [2.45, 2.75) is 206 Å². The maximum absolute atomic E-state index is 13.7. The molecule has 3 aromatic rings. The summed E-state index contributed by atoms with van der Waals surface area (Å²) in [5, 5.41) is 42.2. The Morgan fingerprint density at radius 3 is 1.87 bits per heavy atom. The van der Waals surface area contributed by atoms with Crippen molar-refractivity contribution in [2.75, 3.05) is 109 Å². The van der Waals surface area contributed by atoms with Crippen LogP contribution in [-0.2, 0) is 88.5 Å². The Labute approximate surface area is 743 Å². The number of nitrogens with one attached hydrogen (secondary N) is 11. The number of amides is 12. The zero-order valence-corrected chi connectivity index (χ0v) is 75.4. The summed E-state index contributed by atoms with van der Waals surface area (Å²) in [5.41, 5.74) is 13.9. The lowest BCUT2D eigenvalue weighted by Crippen LogP contribution is -2.52.